The third-order valence-electron chi connectivity index (χ3n) is 4.31. The topological polar surface area (TPSA) is 105 Å². The van der Waals surface area contributed by atoms with Crippen molar-refractivity contribution >= 4 is 21.7 Å². The summed E-state index contributed by atoms with van der Waals surface area (Å²) in [4.78, 5) is 18.4. The number of carbonyl (C=O) groups is 1. The lowest BCUT2D eigenvalue weighted by Crippen LogP contribution is -2.42. The van der Waals surface area contributed by atoms with Gasteiger partial charge in [-0.1, -0.05) is 20.8 Å². The molecule has 1 aromatic rings. The Hall–Kier alpha value is -1.64. The molecule has 1 fully saturated rings. The SMILES string of the molecule is CCc1nc(N2C[C@H](NC(=O)CCS(C)(=O)=O)[C@@H](C(C)C)C2)no1. The van der Waals surface area contributed by atoms with Crippen molar-refractivity contribution in [1.29, 1.82) is 0 Å². The zero-order valence-corrected chi connectivity index (χ0v) is 15.5. The van der Waals surface area contributed by atoms with Gasteiger partial charge in [0, 0.05) is 38.1 Å². The first-order valence-electron chi connectivity index (χ1n) is 8.24. The summed E-state index contributed by atoms with van der Waals surface area (Å²) in [5, 5.41) is 6.97. The Bertz CT molecular complexity index is 671. The maximum atomic E-state index is 12.1. The molecule has 9 heteroatoms. The van der Waals surface area contributed by atoms with Gasteiger partial charge in [0.25, 0.3) is 5.95 Å². The zero-order valence-electron chi connectivity index (χ0n) is 14.7. The summed E-state index contributed by atoms with van der Waals surface area (Å²) < 4.78 is 27.6. The van der Waals surface area contributed by atoms with Gasteiger partial charge in [-0.05, 0) is 11.1 Å². The van der Waals surface area contributed by atoms with E-state index in [1.165, 1.54) is 0 Å². The molecule has 1 aliphatic rings. The van der Waals surface area contributed by atoms with E-state index in [9.17, 15) is 13.2 Å². The van der Waals surface area contributed by atoms with Crippen LogP contribution in [-0.2, 0) is 21.1 Å². The molecule has 1 amide bonds. The predicted molar refractivity (Wildman–Crippen MR) is 90.5 cm³/mol. The lowest BCUT2D eigenvalue weighted by molar-refractivity contribution is -0.121. The van der Waals surface area contributed by atoms with Crippen molar-refractivity contribution in [3.63, 3.8) is 0 Å². The quantitative estimate of drug-likeness (QED) is 0.762. The first-order chi connectivity index (χ1) is 11.2. The number of carbonyl (C=O) groups excluding carboxylic acids is 1. The highest BCUT2D eigenvalue weighted by atomic mass is 32.2. The fourth-order valence-corrected chi connectivity index (χ4v) is 3.45. The highest BCUT2D eigenvalue weighted by Crippen LogP contribution is 2.27. The van der Waals surface area contributed by atoms with Crippen LogP contribution >= 0.6 is 0 Å². The molecule has 1 saturated heterocycles. The summed E-state index contributed by atoms with van der Waals surface area (Å²) in [7, 11) is -3.14. The molecule has 1 N–H and O–H groups in total. The second-order valence-corrected chi connectivity index (χ2v) is 8.97. The summed E-state index contributed by atoms with van der Waals surface area (Å²) in [6.07, 6.45) is 1.80. The Labute approximate surface area is 142 Å². The van der Waals surface area contributed by atoms with Crippen LogP contribution in [0.4, 0.5) is 5.95 Å². The molecule has 0 unspecified atom stereocenters. The number of hydrogen-bond acceptors (Lipinski definition) is 7. The van der Waals surface area contributed by atoms with E-state index >= 15 is 0 Å². The Balaban J connectivity index is 2.01. The second kappa shape index (κ2) is 7.50. The fraction of sp³-hybridized carbons (Fsp3) is 0.800. The van der Waals surface area contributed by atoms with Gasteiger partial charge in [-0.3, -0.25) is 4.79 Å². The maximum absolute atomic E-state index is 12.1. The molecule has 0 saturated carbocycles. The third-order valence-corrected chi connectivity index (χ3v) is 5.26. The lowest BCUT2D eigenvalue weighted by atomic mass is 9.91. The average Bonchev–Trinajstić information content (AvgIpc) is 3.10. The van der Waals surface area contributed by atoms with E-state index in [4.69, 9.17) is 4.52 Å². The Morgan fingerprint density at radius 1 is 1.42 bits per heavy atom. The van der Waals surface area contributed by atoms with Crippen molar-refractivity contribution < 1.29 is 17.7 Å². The molecule has 0 aliphatic carbocycles. The summed E-state index contributed by atoms with van der Waals surface area (Å²) in [6, 6.07) is -0.0550. The molecular weight excluding hydrogens is 332 g/mol. The molecule has 24 heavy (non-hydrogen) atoms. The number of rotatable bonds is 7. The first-order valence-corrected chi connectivity index (χ1v) is 10.3. The first kappa shape index (κ1) is 18.7. The fourth-order valence-electron chi connectivity index (χ4n) is 2.90. The van der Waals surface area contributed by atoms with Gasteiger partial charge >= 0.3 is 0 Å². The monoisotopic (exact) mass is 358 g/mol. The van der Waals surface area contributed by atoms with Crippen LogP contribution in [0.2, 0.25) is 0 Å². The van der Waals surface area contributed by atoms with Crippen molar-refractivity contribution in [2.75, 3.05) is 30.0 Å². The molecule has 136 valence electrons. The number of sulfone groups is 1. The van der Waals surface area contributed by atoms with Crippen LogP contribution in [0.5, 0.6) is 0 Å². The van der Waals surface area contributed by atoms with E-state index in [1.807, 2.05) is 11.8 Å². The zero-order chi connectivity index (χ0) is 17.9. The second-order valence-electron chi connectivity index (χ2n) is 6.71. The van der Waals surface area contributed by atoms with Gasteiger partial charge in [0.2, 0.25) is 11.8 Å². The highest BCUT2D eigenvalue weighted by molar-refractivity contribution is 7.90. The van der Waals surface area contributed by atoms with Gasteiger partial charge in [0.05, 0.1) is 11.8 Å². The van der Waals surface area contributed by atoms with Gasteiger partial charge in [-0.2, -0.15) is 4.98 Å². The minimum atomic E-state index is -3.14. The summed E-state index contributed by atoms with van der Waals surface area (Å²) in [6.45, 7) is 7.49. The van der Waals surface area contributed by atoms with Crippen molar-refractivity contribution in [3.8, 4) is 0 Å². The van der Waals surface area contributed by atoms with E-state index in [0.29, 0.717) is 30.7 Å². The predicted octanol–water partition coefficient (Wildman–Crippen LogP) is 0.644. The number of aryl methyl sites for hydroxylation is 1. The van der Waals surface area contributed by atoms with Crippen LogP contribution < -0.4 is 10.2 Å². The minimum Gasteiger partial charge on any atom is -0.351 e. The van der Waals surface area contributed by atoms with Crippen LogP contribution in [0.3, 0.4) is 0 Å². The van der Waals surface area contributed by atoms with Crippen molar-refractivity contribution in [2.24, 2.45) is 11.8 Å². The Morgan fingerprint density at radius 2 is 2.12 bits per heavy atom. The van der Waals surface area contributed by atoms with Crippen LogP contribution in [0, 0.1) is 11.8 Å². The molecule has 8 nitrogen and oxygen atoms in total. The molecule has 1 aromatic heterocycles. The van der Waals surface area contributed by atoms with E-state index in [2.05, 4.69) is 29.3 Å². The average molecular weight is 358 g/mol. The number of hydrogen-bond donors (Lipinski definition) is 1. The molecule has 2 atom stereocenters. The maximum Gasteiger partial charge on any atom is 0.266 e. The van der Waals surface area contributed by atoms with Gasteiger partial charge in [-0.15, -0.1) is 0 Å². The Kier molecular flexibility index (Phi) is 5.84. The van der Waals surface area contributed by atoms with Gasteiger partial charge in [0.1, 0.15) is 9.84 Å². The molecule has 0 aromatic carbocycles. The minimum absolute atomic E-state index is 0.0116. The molecule has 0 bridgehead atoms. The van der Waals surface area contributed by atoms with Crippen LogP contribution in [-0.4, -0.2) is 55.6 Å². The normalized spacial score (nSPS) is 21.5. The van der Waals surface area contributed by atoms with Crippen molar-refractivity contribution in [3.05, 3.63) is 5.89 Å². The summed E-state index contributed by atoms with van der Waals surface area (Å²) in [5.74, 6) is 1.38. The van der Waals surface area contributed by atoms with Crippen molar-refractivity contribution in [2.45, 2.75) is 39.7 Å². The third kappa shape index (κ3) is 4.93. The standard InChI is InChI=1S/C15H26N4O4S/c1-5-14-17-15(18-23-14)19-8-11(10(2)3)12(9-19)16-13(20)6-7-24(4,21)22/h10-12H,5-9H2,1-4H3,(H,16,20)/t11-,12+/m1/s1. The van der Waals surface area contributed by atoms with E-state index < -0.39 is 9.84 Å². The number of amides is 1. The molecule has 0 radical (unpaired) electrons. The Morgan fingerprint density at radius 3 is 2.67 bits per heavy atom. The van der Waals surface area contributed by atoms with E-state index in [-0.39, 0.29) is 30.0 Å². The van der Waals surface area contributed by atoms with Crippen molar-refractivity contribution in [1.82, 2.24) is 15.5 Å². The highest BCUT2D eigenvalue weighted by Gasteiger charge is 2.37. The van der Waals surface area contributed by atoms with Crippen LogP contribution in [0.25, 0.3) is 0 Å². The largest absolute Gasteiger partial charge is 0.351 e. The molecule has 0 spiro atoms. The van der Waals surface area contributed by atoms with Crippen LogP contribution in [0.1, 0.15) is 33.1 Å². The molecule has 2 rings (SSSR count). The summed E-state index contributed by atoms with van der Waals surface area (Å²) in [5.41, 5.74) is 0. The van der Waals surface area contributed by atoms with Crippen LogP contribution in [0.15, 0.2) is 4.52 Å². The van der Waals surface area contributed by atoms with Gasteiger partial charge < -0.3 is 14.7 Å². The number of aromatic nitrogens is 2. The van der Waals surface area contributed by atoms with Gasteiger partial charge in [-0.25, -0.2) is 8.42 Å². The van der Waals surface area contributed by atoms with E-state index in [0.717, 1.165) is 12.8 Å². The lowest BCUT2D eigenvalue weighted by Gasteiger charge is -2.22. The van der Waals surface area contributed by atoms with Gasteiger partial charge in [0.15, 0.2) is 0 Å². The smallest absolute Gasteiger partial charge is 0.266 e. The number of nitrogens with one attached hydrogen (secondary N) is 1. The number of anilines is 1. The van der Waals surface area contributed by atoms with E-state index in [1.54, 1.807) is 0 Å². The summed E-state index contributed by atoms with van der Waals surface area (Å²) >= 11 is 0. The molecule has 2 heterocycles. The molecular formula is C15H26N4O4S. The molecule has 1 aliphatic heterocycles. The number of nitrogens with zero attached hydrogens (tertiary/aromatic N) is 3.